The maximum atomic E-state index is 2.30. The van der Waals surface area contributed by atoms with E-state index < -0.39 is 0 Å². The van der Waals surface area contributed by atoms with Crippen molar-refractivity contribution in [1.29, 1.82) is 0 Å². The highest BCUT2D eigenvalue weighted by Gasteiger charge is 2.00. The van der Waals surface area contributed by atoms with Crippen molar-refractivity contribution in [2.75, 3.05) is 18.5 Å². The molecule has 1 aromatic carbocycles. The lowest BCUT2D eigenvalue weighted by molar-refractivity contribution is 0.849. The zero-order valence-electron chi connectivity index (χ0n) is 11.6. The molecule has 0 aromatic heterocycles. The second kappa shape index (κ2) is 9.26. The van der Waals surface area contributed by atoms with Crippen molar-refractivity contribution < 1.29 is 0 Å². The molecule has 0 unspecified atom stereocenters. The minimum absolute atomic E-state index is 1.13. The SMILES string of the molecule is CCCC.CCCN(C)c1ccccc1C. The number of para-hydroxylation sites is 1. The Bertz CT molecular complexity index is 266. The van der Waals surface area contributed by atoms with E-state index in [1.54, 1.807) is 0 Å². The van der Waals surface area contributed by atoms with Gasteiger partial charge >= 0.3 is 0 Å². The molecule has 0 spiro atoms. The molecule has 0 radical (unpaired) electrons. The molecule has 0 fully saturated rings. The van der Waals surface area contributed by atoms with E-state index in [2.05, 4.69) is 63.9 Å². The van der Waals surface area contributed by atoms with Crippen LogP contribution in [0.1, 0.15) is 45.6 Å². The highest BCUT2D eigenvalue weighted by Crippen LogP contribution is 2.17. The van der Waals surface area contributed by atoms with Gasteiger partial charge in [-0.1, -0.05) is 51.8 Å². The maximum Gasteiger partial charge on any atom is 0.0393 e. The Morgan fingerprint density at radius 2 is 1.50 bits per heavy atom. The van der Waals surface area contributed by atoms with Gasteiger partial charge in [0.1, 0.15) is 0 Å². The maximum absolute atomic E-state index is 2.30. The van der Waals surface area contributed by atoms with Gasteiger partial charge in [-0.15, -0.1) is 0 Å². The molecule has 0 bridgehead atoms. The lowest BCUT2D eigenvalue weighted by Gasteiger charge is -2.20. The van der Waals surface area contributed by atoms with Gasteiger partial charge in [-0.25, -0.2) is 0 Å². The molecule has 1 aromatic rings. The average molecular weight is 221 g/mol. The summed E-state index contributed by atoms with van der Waals surface area (Å²) in [5, 5.41) is 0. The third kappa shape index (κ3) is 5.79. The predicted molar refractivity (Wildman–Crippen MR) is 75.3 cm³/mol. The van der Waals surface area contributed by atoms with Crippen LogP contribution in [0.2, 0.25) is 0 Å². The minimum Gasteiger partial charge on any atom is -0.374 e. The molecular formula is C15H27N. The molecule has 92 valence electrons. The first-order valence-electron chi connectivity index (χ1n) is 6.44. The van der Waals surface area contributed by atoms with Crippen molar-refractivity contribution in [3.8, 4) is 0 Å². The van der Waals surface area contributed by atoms with Gasteiger partial charge in [-0.05, 0) is 25.0 Å². The van der Waals surface area contributed by atoms with E-state index in [-0.39, 0.29) is 0 Å². The summed E-state index contributed by atoms with van der Waals surface area (Å²) < 4.78 is 0. The first kappa shape index (κ1) is 15.0. The number of unbranched alkanes of at least 4 members (excludes halogenated alkanes) is 1. The molecule has 1 rings (SSSR count). The Labute approximate surface area is 101 Å². The zero-order chi connectivity index (χ0) is 12.4. The average Bonchev–Trinajstić information content (AvgIpc) is 2.30. The highest BCUT2D eigenvalue weighted by atomic mass is 15.1. The van der Waals surface area contributed by atoms with E-state index in [1.807, 2.05) is 0 Å². The molecule has 1 heteroatoms. The summed E-state index contributed by atoms with van der Waals surface area (Å²) in [5.74, 6) is 0. The normalized spacial score (nSPS) is 9.31. The molecule has 16 heavy (non-hydrogen) atoms. The second-order valence-electron chi connectivity index (χ2n) is 4.21. The third-order valence-corrected chi connectivity index (χ3v) is 2.59. The summed E-state index contributed by atoms with van der Waals surface area (Å²) in [5.41, 5.74) is 2.70. The summed E-state index contributed by atoms with van der Waals surface area (Å²) in [6.45, 7) is 9.85. The molecule has 1 nitrogen and oxygen atoms in total. The van der Waals surface area contributed by atoms with Crippen LogP contribution in [0.15, 0.2) is 24.3 Å². The van der Waals surface area contributed by atoms with Crippen molar-refractivity contribution in [2.45, 2.75) is 47.0 Å². The van der Waals surface area contributed by atoms with Gasteiger partial charge in [0.15, 0.2) is 0 Å². The molecule has 0 saturated carbocycles. The molecular weight excluding hydrogens is 194 g/mol. The Morgan fingerprint density at radius 3 is 1.94 bits per heavy atom. The summed E-state index contributed by atoms with van der Waals surface area (Å²) in [7, 11) is 2.14. The van der Waals surface area contributed by atoms with Crippen molar-refractivity contribution >= 4 is 5.69 Å². The molecule has 0 aliphatic carbocycles. The van der Waals surface area contributed by atoms with Gasteiger partial charge < -0.3 is 4.90 Å². The van der Waals surface area contributed by atoms with Crippen molar-refractivity contribution in [2.24, 2.45) is 0 Å². The minimum atomic E-state index is 1.13. The Balaban J connectivity index is 0.000000487. The monoisotopic (exact) mass is 221 g/mol. The molecule has 0 N–H and O–H groups in total. The number of rotatable bonds is 4. The topological polar surface area (TPSA) is 3.24 Å². The van der Waals surface area contributed by atoms with Gasteiger partial charge in [0.2, 0.25) is 0 Å². The van der Waals surface area contributed by atoms with Gasteiger partial charge in [0.05, 0.1) is 0 Å². The van der Waals surface area contributed by atoms with Crippen LogP contribution >= 0.6 is 0 Å². The fraction of sp³-hybridized carbons (Fsp3) is 0.600. The van der Waals surface area contributed by atoms with Crippen LogP contribution in [0.5, 0.6) is 0 Å². The molecule has 0 amide bonds. The quantitative estimate of drug-likeness (QED) is 0.715. The van der Waals surface area contributed by atoms with Crippen molar-refractivity contribution in [3.05, 3.63) is 29.8 Å². The highest BCUT2D eigenvalue weighted by molar-refractivity contribution is 5.52. The van der Waals surface area contributed by atoms with E-state index in [0.717, 1.165) is 6.54 Å². The molecule has 0 saturated heterocycles. The second-order valence-corrected chi connectivity index (χ2v) is 4.21. The zero-order valence-corrected chi connectivity index (χ0v) is 11.6. The molecule has 0 atom stereocenters. The molecule has 0 heterocycles. The van der Waals surface area contributed by atoms with Crippen LogP contribution < -0.4 is 4.90 Å². The van der Waals surface area contributed by atoms with E-state index >= 15 is 0 Å². The predicted octanol–water partition coefficient (Wildman–Crippen LogP) is 4.65. The largest absolute Gasteiger partial charge is 0.374 e. The fourth-order valence-corrected chi connectivity index (χ4v) is 1.45. The molecule has 0 aliphatic rings. The Hall–Kier alpha value is -0.980. The number of benzene rings is 1. The Morgan fingerprint density at radius 1 is 0.938 bits per heavy atom. The smallest absolute Gasteiger partial charge is 0.0393 e. The Kier molecular flexibility index (Phi) is 8.69. The van der Waals surface area contributed by atoms with Crippen LogP contribution in [0.4, 0.5) is 5.69 Å². The number of hydrogen-bond donors (Lipinski definition) is 0. The van der Waals surface area contributed by atoms with Crippen LogP contribution in [0.3, 0.4) is 0 Å². The van der Waals surface area contributed by atoms with Crippen molar-refractivity contribution in [3.63, 3.8) is 0 Å². The summed E-state index contributed by atoms with van der Waals surface area (Å²) in [6.07, 6.45) is 3.84. The standard InChI is InChI=1S/C11H17N.C4H10/c1-4-9-12(3)11-8-6-5-7-10(11)2;1-3-4-2/h5-8H,4,9H2,1-3H3;3-4H2,1-2H3. The number of anilines is 1. The van der Waals surface area contributed by atoms with E-state index in [9.17, 15) is 0 Å². The van der Waals surface area contributed by atoms with Gasteiger partial charge in [-0.2, -0.15) is 0 Å². The molecule has 0 aliphatic heterocycles. The van der Waals surface area contributed by atoms with Crippen LogP contribution in [0, 0.1) is 6.92 Å². The first-order chi connectivity index (χ1) is 7.67. The number of hydrogen-bond acceptors (Lipinski definition) is 1. The van der Waals surface area contributed by atoms with Gasteiger partial charge in [-0.3, -0.25) is 0 Å². The lowest BCUT2D eigenvalue weighted by Crippen LogP contribution is -2.18. The number of nitrogens with zero attached hydrogens (tertiary/aromatic N) is 1. The summed E-state index contributed by atoms with van der Waals surface area (Å²) in [6, 6.07) is 8.50. The third-order valence-electron chi connectivity index (χ3n) is 2.59. The summed E-state index contributed by atoms with van der Waals surface area (Å²) >= 11 is 0. The van der Waals surface area contributed by atoms with Crippen LogP contribution in [-0.4, -0.2) is 13.6 Å². The lowest BCUT2D eigenvalue weighted by atomic mass is 10.2. The van der Waals surface area contributed by atoms with E-state index in [0.29, 0.717) is 0 Å². The fourth-order valence-electron chi connectivity index (χ4n) is 1.45. The van der Waals surface area contributed by atoms with E-state index in [4.69, 9.17) is 0 Å². The van der Waals surface area contributed by atoms with E-state index in [1.165, 1.54) is 30.5 Å². The first-order valence-corrected chi connectivity index (χ1v) is 6.44. The summed E-state index contributed by atoms with van der Waals surface area (Å²) in [4.78, 5) is 2.30. The van der Waals surface area contributed by atoms with Crippen LogP contribution in [-0.2, 0) is 0 Å². The number of aryl methyl sites for hydroxylation is 1. The van der Waals surface area contributed by atoms with Crippen LogP contribution in [0.25, 0.3) is 0 Å². The van der Waals surface area contributed by atoms with Gasteiger partial charge in [0.25, 0.3) is 0 Å². The van der Waals surface area contributed by atoms with Gasteiger partial charge in [0, 0.05) is 19.3 Å². The van der Waals surface area contributed by atoms with Crippen molar-refractivity contribution in [1.82, 2.24) is 0 Å².